The largest absolute Gasteiger partial charge is 0.496 e. The van der Waals surface area contributed by atoms with Crippen molar-refractivity contribution in [3.63, 3.8) is 0 Å². The summed E-state index contributed by atoms with van der Waals surface area (Å²) in [6, 6.07) is 5.85. The smallest absolute Gasteiger partial charge is 0.191 e. The quantitative estimate of drug-likeness (QED) is 0.672. The number of ether oxygens (including phenoxy) is 2. The second kappa shape index (κ2) is 9.10. The highest BCUT2D eigenvalue weighted by molar-refractivity contribution is 14.0. The molecule has 0 aromatic heterocycles. The molecule has 1 saturated heterocycles. The maximum Gasteiger partial charge on any atom is 0.191 e. The van der Waals surface area contributed by atoms with Crippen molar-refractivity contribution in [1.82, 2.24) is 10.6 Å². The van der Waals surface area contributed by atoms with E-state index in [4.69, 9.17) is 21.1 Å². The summed E-state index contributed by atoms with van der Waals surface area (Å²) in [5.41, 5.74) is 1.09. The van der Waals surface area contributed by atoms with E-state index in [1.54, 1.807) is 7.11 Å². The van der Waals surface area contributed by atoms with Crippen molar-refractivity contribution < 1.29 is 9.47 Å². The van der Waals surface area contributed by atoms with Crippen LogP contribution in [-0.4, -0.2) is 45.9 Å². The zero-order valence-corrected chi connectivity index (χ0v) is 17.0. The van der Waals surface area contributed by atoms with Crippen LogP contribution < -0.4 is 15.4 Å². The van der Waals surface area contributed by atoms with Gasteiger partial charge in [0, 0.05) is 48.8 Å². The van der Waals surface area contributed by atoms with Gasteiger partial charge in [0.2, 0.25) is 0 Å². The Hall–Kier alpha value is -0.730. The van der Waals surface area contributed by atoms with Crippen LogP contribution in [0.5, 0.6) is 5.75 Å². The molecule has 2 aliphatic rings. The standard InChI is InChI=1S/C17H24ClN3O2.HI/c1-22-15-4-3-13(18)11-14(15)17(5-9-23-10-6-17)12-21-16-19-7-2-8-20-16;/h3-4,11H,2,5-10,12H2,1H3,(H2,19,20,21);1H. The van der Waals surface area contributed by atoms with Gasteiger partial charge in [-0.3, -0.25) is 4.99 Å². The Morgan fingerprint density at radius 1 is 1.38 bits per heavy atom. The first-order valence-corrected chi connectivity index (χ1v) is 8.55. The molecule has 0 radical (unpaired) electrons. The molecule has 1 aromatic rings. The minimum absolute atomic E-state index is 0. The van der Waals surface area contributed by atoms with E-state index < -0.39 is 0 Å². The van der Waals surface area contributed by atoms with E-state index in [0.717, 1.165) is 74.4 Å². The number of hydrogen-bond donors (Lipinski definition) is 2. The van der Waals surface area contributed by atoms with Gasteiger partial charge in [-0.2, -0.15) is 0 Å². The van der Waals surface area contributed by atoms with Crippen LogP contribution in [0.15, 0.2) is 23.2 Å². The zero-order valence-electron chi connectivity index (χ0n) is 13.9. The van der Waals surface area contributed by atoms with Gasteiger partial charge >= 0.3 is 0 Å². The van der Waals surface area contributed by atoms with Gasteiger partial charge in [-0.1, -0.05) is 11.6 Å². The summed E-state index contributed by atoms with van der Waals surface area (Å²) in [5.74, 6) is 1.78. The lowest BCUT2D eigenvalue weighted by molar-refractivity contribution is 0.0505. The van der Waals surface area contributed by atoms with Crippen LogP contribution in [0, 0.1) is 0 Å². The number of halogens is 2. The zero-order chi connectivity index (χ0) is 16.1. The molecule has 134 valence electrons. The minimum atomic E-state index is -0.0594. The summed E-state index contributed by atoms with van der Waals surface area (Å²) in [6.45, 7) is 4.14. The Bertz CT molecular complexity index is 577. The van der Waals surface area contributed by atoms with Crippen molar-refractivity contribution in [2.24, 2.45) is 4.99 Å². The van der Waals surface area contributed by atoms with Crippen molar-refractivity contribution in [1.29, 1.82) is 0 Å². The van der Waals surface area contributed by atoms with Crippen LogP contribution >= 0.6 is 35.6 Å². The van der Waals surface area contributed by atoms with Crippen LogP contribution in [0.4, 0.5) is 0 Å². The van der Waals surface area contributed by atoms with Crippen molar-refractivity contribution in [2.45, 2.75) is 24.7 Å². The fourth-order valence-corrected chi connectivity index (χ4v) is 3.47. The Morgan fingerprint density at radius 3 is 2.83 bits per heavy atom. The number of rotatable bonds is 4. The topological polar surface area (TPSA) is 54.9 Å². The van der Waals surface area contributed by atoms with E-state index in [1.807, 2.05) is 18.2 Å². The van der Waals surface area contributed by atoms with Crippen LogP contribution in [0.2, 0.25) is 5.02 Å². The van der Waals surface area contributed by atoms with Gasteiger partial charge in [-0.25, -0.2) is 0 Å². The lowest BCUT2D eigenvalue weighted by atomic mass is 9.73. The average Bonchev–Trinajstić information content (AvgIpc) is 2.62. The number of guanidine groups is 1. The van der Waals surface area contributed by atoms with E-state index in [2.05, 4.69) is 15.6 Å². The first-order chi connectivity index (χ1) is 11.2. The summed E-state index contributed by atoms with van der Waals surface area (Å²) < 4.78 is 11.2. The minimum Gasteiger partial charge on any atom is -0.496 e. The van der Waals surface area contributed by atoms with Crippen LogP contribution in [0.3, 0.4) is 0 Å². The highest BCUT2D eigenvalue weighted by Gasteiger charge is 2.37. The van der Waals surface area contributed by atoms with Crippen molar-refractivity contribution >= 4 is 41.5 Å². The van der Waals surface area contributed by atoms with Gasteiger partial charge in [0.1, 0.15) is 5.75 Å². The first kappa shape index (κ1) is 19.6. The summed E-state index contributed by atoms with van der Waals surface area (Å²) >= 11 is 6.26. The molecule has 0 atom stereocenters. The highest BCUT2D eigenvalue weighted by atomic mass is 127. The van der Waals surface area contributed by atoms with E-state index in [-0.39, 0.29) is 29.4 Å². The Morgan fingerprint density at radius 2 is 2.17 bits per heavy atom. The first-order valence-electron chi connectivity index (χ1n) is 8.17. The molecule has 1 aromatic carbocycles. The maximum absolute atomic E-state index is 6.26. The fraction of sp³-hybridized carbons (Fsp3) is 0.588. The molecule has 3 rings (SSSR count). The lowest BCUT2D eigenvalue weighted by Gasteiger charge is -2.39. The van der Waals surface area contributed by atoms with Gasteiger partial charge in [0.25, 0.3) is 0 Å². The molecule has 2 heterocycles. The molecule has 0 aliphatic carbocycles. The van der Waals surface area contributed by atoms with Gasteiger partial charge in [0.15, 0.2) is 5.96 Å². The van der Waals surface area contributed by atoms with E-state index in [0.29, 0.717) is 0 Å². The summed E-state index contributed by atoms with van der Waals surface area (Å²) in [7, 11) is 1.71. The van der Waals surface area contributed by atoms with E-state index in [1.165, 1.54) is 0 Å². The third-order valence-corrected chi connectivity index (χ3v) is 4.91. The molecule has 0 amide bonds. The molecule has 0 unspecified atom stereocenters. The van der Waals surface area contributed by atoms with E-state index in [9.17, 15) is 0 Å². The predicted molar refractivity (Wildman–Crippen MR) is 108 cm³/mol. The van der Waals surface area contributed by atoms with Gasteiger partial charge < -0.3 is 20.1 Å². The second-order valence-corrected chi connectivity index (χ2v) is 6.54. The third kappa shape index (κ3) is 4.46. The molecule has 24 heavy (non-hydrogen) atoms. The Balaban J connectivity index is 0.00000208. The second-order valence-electron chi connectivity index (χ2n) is 6.10. The molecule has 0 bridgehead atoms. The number of hydrogen-bond acceptors (Lipinski definition) is 5. The molecule has 2 aliphatic heterocycles. The van der Waals surface area contributed by atoms with Crippen molar-refractivity contribution in [3.8, 4) is 5.75 Å². The maximum atomic E-state index is 6.26. The van der Waals surface area contributed by atoms with Crippen molar-refractivity contribution in [2.75, 3.05) is 40.0 Å². The Labute approximate surface area is 165 Å². The van der Waals surface area contributed by atoms with Gasteiger partial charge in [-0.15, -0.1) is 24.0 Å². The number of nitrogens with zero attached hydrogens (tertiary/aromatic N) is 1. The van der Waals surface area contributed by atoms with Gasteiger partial charge in [0.05, 0.1) is 7.11 Å². The van der Waals surface area contributed by atoms with Crippen molar-refractivity contribution in [3.05, 3.63) is 28.8 Å². The van der Waals surface area contributed by atoms with E-state index >= 15 is 0 Å². The van der Waals surface area contributed by atoms with Gasteiger partial charge in [-0.05, 0) is 37.5 Å². The molecule has 0 saturated carbocycles. The molecule has 5 nitrogen and oxygen atoms in total. The number of methoxy groups -OCH3 is 1. The van der Waals surface area contributed by atoms with Crippen LogP contribution in [0.25, 0.3) is 0 Å². The third-order valence-electron chi connectivity index (χ3n) is 4.67. The SMILES string of the molecule is COc1ccc(Cl)cc1C1(CNC2=NCCCN2)CCOCC1.I. The van der Waals surface area contributed by atoms with Crippen LogP contribution in [0.1, 0.15) is 24.8 Å². The predicted octanol–water partition coefficient (Wildman–Crippen LogP) is 2.95. The monoisotopic (exact) mass is 465 g/mol. The Kier molecular flexibility index (Phi) is 7.43. The summed E-state index contributed by atoms with van der Waals surface area (Å²) in [4.78, 5) is 4.50. The summed E-state index contributed by atoms with van der Waals surface area (Å²) in [5, 5.41) is 7.54. The molecule has 0 spiro atoms. The number of nitrogens with one attached hydrogen (secondary N) is 2. The fourth-order valence-electron chi connectivity index (χ4n) is 3.30. The molecule has 1 fully saturated rings. The summed E-state index contributed by atoms with van der Waals surface area (Å²) in [6.07, 6.45) is 2.96. The average molecular weight is 466 g/mol. The normalized spacial score (nSPS) is 19.5. The molecular formula is C17H25ClIN3O2. The lowest BCUT2D eigenvalue weighted by Crippen LogP contribution is -2.49. The number of aliphatic imine (C=N–C) groups is 1. The number of benzene rings is 1. The van der Waals surface area contributed by atoms with Crippen LogP contribution in [-0.2, 0) is 10.2 Å². The molecule has 2 N–H and O–H groups in total. The highest BCUT2D eigenvalue weighted by Crippen LogP contribution is 2.40. The molecule has 7 heteroatoms. The molecular weight excluding hydrogens is 441 g/mol.